The molecule has 1 aliphatic rings. The summed E-state index contributed by atoms with van der Waals surface area (Å²) in [7, 11) is 0. The zero-order valence-corrected chi connectivity index (χ0v) is 10.7. The number of nitrogens with zero attached hydrogens (tertiary/aromatic N) is 2. The third kappa shape index (κ3) is 2.90. The fourth-order valence-electron chi connectivity index (χ4n) is 2.36. The fourth-order valence-corrected chi connectivity index (χ4v) is 2.36. The second-order valence-corrected chi connectivity index (χ2v) is 4.65. The van der Waals surface area contributed by atoms with Gasteiger partial charge in [-0.15, -0.1) is 0 Å². The zero-order valence-electron chi connectivity index (χ0n) is 10.7. The van der Waals surface area contributed by atoms with Crippen molar-refractivity contribution in [3.63, 3.8) is 0 Å². The van der Waals surface area contributed by atoms with Crippen molar-refractivity contribution in [2.45, 2.75) is 31.8 Å². The van der Waals surface area contributed by atoms with Crippen molar-refractivity contribution in [2.75, 3.05) is 6.54 Å². The third-order valence-electron chi connectivity index (χ3n) is 3.36. The second kappa shape index (κ2) is 5.79. The molecule has 2 amide bonds. The van der Waals surface area contributed by atoms with Crippen LogP contribution in [0.4, 0.5) is 0 Å². The van der Waals surface area contributed by atoms with Gasteiger partial charge in [-0.25, -0.2) is 0 Å². The molecule has 0 bridgehead atoms. The number of pyridine rings is 1. The number of likely N-dealkylation sites (tertiary alicyclic amines) is 1. The lowest BCUT2D eigenvalue weighted by molar-refractivity contribution is -0.123. The van der Waals surface area contributed by atoms with Crippen molar-refractivity contribution in [3.05, 3.63) is 29.6 Å². The Labute approximate surface area is 111 Å². The van der Waals surface area contributed by atoms with Crippen LogP contribution in [0.3, 0.4) is 0 Å². The lowest BCUT2D eigenvalue weighted by Crippen LogP contribution is -2.50. The molecule has 6 heteroatoms. The van der Waals surface area contributed by atoms with E-state index in [0.29, 0.717) is 24.2 Å². The van der Waals surface area contributed by atoms with E-state index in [1.165, 1.54) is 0 Å². The van der Waals surface area contributed by atoms with Gasteiger partial charge in [0.25, 0.3) is 5.91 Å². The molecule has 6 nitrogen and oxygen atoms in total. The maximum atomic E-state index is 12.4. The molecule has 102 valence electrons. The lowest BCUT2D eigenvalue weighted by Gasteiger charge is -2.33. The number of hydrogen-bond donors (Lipinski definition) is 2. The number of carbonyl (C=O) groups is 2. The highest BCUT2D eigenvalue weighted by Gasteiger charge is 2.31. The fraction of sp³-hybridized carbons (Fsp3) is 0.462. The monoisotopic (exact) mass is 262 g/mol. The minimum Gasteiger partial charge on any atom is -0.368 e. The molecule has 0 radical (unpaired) electrons. The average Bonchev–Trinajstić information content (AvgIpc) is 2.46. The highest BCUT2D eigenvalue weighted by molar-refractivity contribution is 5.97. The van der Waals surface area contributed by atoms with Gasteiger partial charge in [0, 0.05) is 24.8 Å². The van der Waals surface area contributed by atoms with Gasteiger partial charge in [0.1, 0.15) is 6.04 Å². The minimum absolute atomic E-state index is 0.180. The van der Waals surface area contributed by atoms with Gasteiger partial charge in [-0.05, 0) is 31.4 Å². The first-order valence-electron chi connectivity index (χ1n) is 6.38. The number of rotatable bonds is 3. The van der Waals surface area contributed by atoms with Gasteiger partial charge in [-0.1, -0.05) is 0 Å². The molecular weight excluding hydrogens is 244 g/mol. The molecule has 1 saturated heterocycles. The standard InChI is InChI=1S/C13H18N4O2/c14-8-10-7-9(4-5-16-10)13(19)17-6-2-1-3-11(17)12(15)18/h4-5,7,11H,1-3,6,8,14H2,(H2,15,18). The number of carbonyl (C=O) groups excluding carboxylic acids is 2. The Bertz CT molecular complexity index is 489. The molecule has 1 unspecified atom stereocenters. The smallest absolute Gasteiger partial charge is 0.254 e. The number of aromatic nitrogens is 1. The van der Waals surface area contributed by atoms with Crippen molar-refractivity contribution in [1.82, 2.24) is 9.88 Å². The van der Waals surface area contributed by atoms with Gasteiger partial charge in [0.2, 0.25) is 5.91 Å². The zero-order chi connectivity index (χ0) is 13.8. The summed E-state index contributed by atoms with van der Waals surface area (Å²) < 4.78 is 0. The number of amides is 2. The summed E-state index contributed by atoms with van der Waals surface area (Å²) in [5, 5.41) is 0. The normalized spacial score (nSPS) is 19.2. The van der Waals surface area contributed by atoms with Gasteiger partial charge in [-0.2, -0.15) is 0 Å². The Morgan fingerprint density at radius 2 is 2.21 bits per heavy atom. The van der Waals surface area contributed by atoms with Crippen molar-refractivity contribution >= 4 is 11.8 Å². The Balaban J connectivity index is 2.23. The van der Waals surface area contributed by atoms with Gasteiger partial charge in [0.05, 0.1) is 5.69 Å². The molecule has 0 aliphatic carbocycles. The van der Waals surface area contributed by atoms with Crippen molar-refractivity contribution < 1.29 is 9.59 Å². The molecule has 1 aromatic heterocycles. The van der Waals surface area contributed by atoms with Crippen LogP contribution in [0.15, 0.2) is 18.3 Å². The van der Waals surface area contributed by atoms with Crippen LogP contribution in [0.5, 0.6) is 0 Å². The SMILES string of the molecule is NCc1cc(C(=O)N2CCCCC2C(N)=O)ccn1. The molecule has 1 aliphatic heterocycles. The van der Waals surface area contributed by atoms with E-state index < -0.39 is 11.9 Å². The summed E-state index contributed by atoms with van der Waals surface area (Å²) in [6.45, 7) is 0.840. The first-order chi connectivity index (χ1) is 9.13. The molecular formula is C13H18N4O2. The number of primary amides is 1. The van der Waals surface area contributed by atoms with Crippen molar-refractivity contribution in [3.8, 4) is 0 Å². The van der Waals surface area contributed by atoms with Crippen LogP contribution in [-0.2, 0) is 11.3 Å². The molecule has 1 aromatic rings. The Hall–Kier alpha value is -1.95. The maximum Gasteiger partial charge on any atom is 0.254 e. The average molecular weight is 262 g/mol. The van der Waals surface area contributed by atoms with E-state index in [4.69, 9.17) is 11.5 Å². The molecule has 0 aromatic carbocycles. The molecule has 4 N–H and O–H groups in total. The van der Waals surface area contributed by atoms with E-state index in [0.717, 1.165) is 12.8 Å². The highest BCUT2D eigenvalue weighted by Crippen LogP contribution is 2.19. The molecule has 2 heterocycles. The third-order valence-corrected chi connectivity index (χ3v) is 3.36. The number of hydrogen-bond acceptors (Lipinski definition) is 4. The second-order valence-electron chi connectivity index (χ2n) is 4.65. The first-order valence-corrected chi connectivity index (χ1v) is 6.38. The van der Waals surface area contributed by atoms with Crippen LogP contribution in [0, 0.1) is 0 Å². The topological polar surface area (TPSA) is 102 Å². The van der Waals surface area contributed by atoms with Crippen LogP contribution < -0.4 is 11.5 Å². The molecule has 2 rings (SSSR count). The summed E-state index contributed by atoms with van der Waals surface area (Å²) in [4.78, 5) is 29.5. The van der Waals surface area contributed by atoms with Crippen LogP contribution in [-0.4, -0.2) is 34.3 Å². The summed E-state index contributed by atoms with van der Waals surface area (Å²) in [5.41, 5.74) is 12.0. The van der Waals surface area contributed by atoms with Crippen LogP contribution in [0.2, 0.25) is 0 Å². The molecule has 0 saturated carbocycles. The predicted octanol–water partition coefficient (Wildman–Crippen LogP) is 0.0203. The molecule has 0 spiro atoms. The van der Waals surface area contributed by atoms with Gasteiger partial charge in [-0.3, -0.25) is 14.6 Å². The van der Waals surface area contributed by atoms with Crippen LogP contribution in [0.25, 0.3) is 0 Å². The lowest BCUT2D eigenvalue weighted by atomic mass is 10.0. The van der Waals surface area contributed by atoms with E-state index in [-0.39, 0.29) is 12.5 Å². The van der Waals surface area contributed by atoms with Gasteiger partial charge >= 0.3 is 0 Å². The first kappa shape index (κ1) is 13.5. The highest BCUT2D eigenvalue weighted by atomic mass is 16.2. The predicted molar refractivity (Wildman–Crippen MR) is 70.0 cm³/mol. The van der Waals surface area contributed by atoms with E-state index in [9.17, 15) is 9.59 Å². The van der Waals surface area contributed by atoms with Crippen molar-refractivity contribution in [1.29, 1.82) is 0 Å². The van der Waals surface area contributed by atoms with E-state index in [1.807, 2.05) is 0 Å². The van der Waals surface area contributed by atoms with Gasteiger partial charge < -0.3 is 16.4 Å². The summed E-state index contributed by atoms with van der Waals surface area (Å²) >= 11 is 0. The maximum absolute atomic E-state index is 12.4. The van der Waals surface area contributed by atoms with Crippen molar-refractivity contribution in [2.24, 2.45) is 11.5 Å². The Morgan fingerprint density at radius 3 is 2.89 bits per heavy atom. The summed E-state index contributed by atoms with van der Waals surface area (Å²) in [6, 6.07) is 2.79. The summed E-state index contributed by atoms with van der Waals surface area (Å²) in [6.07, 6.45) is 4.00. The van der Waals surface area contributed by atoms with Crippen LogP contribution in [0.1, 0.15) is 35.3 Å². The number of piperidine rings is 1. The van der Waals surface area contributed by atoms with E-state index in [2.05, 4.69) is 4.98 Å². The minimum atomic E-state index is -0.504. The largest absolute Gasteiger partial charge is 0.368 e. The quantitative estimate of drug-likeness (QED) is 0.801. The Kier molecular flexibility index (Phi) is 4.11. The number of nitrogens with two attached hydrogens (primary N) is 2. The molecule has 1 fully saturated rings. The van der Waals surface area contributed by atoms with Gasteiger partial charge in [0.15, 0.2) is 0 Å². The van der Waals surface area contributed by atoms with E-state index >= 15 is 0 Å². The van der Waals surface area contributed by atoms with Crippen LogP contribution >= 0.6 is 0 Å². The summed E-state index contributed by atoms with van der Waals surface area (Å²) in [5.74, 6) is -0.623. The van der Waals surface area contributed by atoms with E-state index in [1.54, 1.807) is 23.2 Å². The molecule has 19 heavy (non-hydrogen) atoms. The Morgan fingerprint density at radius 1 is 1.42 bits per heavy atom. The molecule has 1 atom stereocenters.